The molecule has 25 heavy (non-hydrogen) atoms. The smallest absolute Gasteiger partial charge is 0.332 e. The summed E-state index contributed by atoms with van der Waals surface area (Å²) in [6.07, 6.45) is 1.48. The highest BCUT2D eigenvalue weighted by Crippen LogP contribution is 2.08. The van der Waals surface area contributed by atoms with Gasteiger partial charge in [0.1, 0.15) is 18.1 Å². The molecule has 0 aliphatic heterocycles. The van der Waals surface area contributed by atoms with Crippen LogP contribution in [0.1, 0.15) is 17.9 Å². The molecule has 3 aromatic rings. The molecule has 0 saturated heterocycles. The van der Waals surface area contributed by atoms with Crippen molar-refractivity contribution < 1.29 is 14.1 Å². The molecule has 0 saturated carbocycles. The minimum atomic E-state index is -0.456. The van der Waals surface area contributed by atoms with E-state index in [1.54, 1.807) is 17.6 Å². The van der Waals surface area contributed by atoms with E-state index in [4.69, 9.17) is 9.26 Å². The van der Waals surface area contributed by atoms with Crippen LogP contribution < -0.4 is 11.2 Å². The number of hydrogen-bond donors (Lipinski definition) is 0. The first kappa shape index (κ1) is 16.7. The van der Waals surface area contributed by atoms with E-state index in [0.717, 1.165) is 4.57 Å². The van der Waals surface area contributed by atoms with Gasteiger partial charge in [0, 0.05) is 26.7 Å². The lowest BCUT2D eigenvalue weighted by Gasteiger charge is -2.06. The van der Waals surface area contributed by atoms with Gasteiger partial charge in [-0.15, -0.1) is 0 Å². The minimum Gasteiger partial charge on any atom is -0.459 e. The molecule has 0 aliphatic carbocycles. The Hall–Kier alpha value is -3.17. The number of ether oxygens (including phenoxy) is 1. The summed E-state index contributed by atoms with van der Waals surface area (Å²) < 4.78 is 13.8. The summed E-state index contributed by atoms with van der Waals surface area (Å²) in [6.45, 7) is 1.98. The third-order valence-corrected chi connectivity index (χ3v) is 3.83. The molecular weight excluding hydrogens is 330 g/mol. The quantitative estimate of drug-likeness (QED) is 0.590. The Bertz CT molecular complexity index is 1050. The second kappa shape index (κ2) is 6.38. The number of imidazole rings is 1. The van der Waals surface area contributed by atoms with E-state index in [0.29, 0.717) is 11.5 Å². The summed E-state index contributed by atoms with van der Waals surface area (Å²) in [6, 6.07) is 1.68. The van der Waals surface area contributed by atoms with Gasteiger partial charge in [-0.1, -0.05) is 5.16 Å². The van der Waals surface area contributed by atoms with Gasteiger partial charge in [-0.25, -0.2) is 9.78 Å². The molecule has 0 aliphatic rings. The molecule has 3 aromatic heterocycles. The highest BCUT2D eigenvalue weighted by Gasteiger charge is 2.15. The van der Waals surface area contributed by atoms with Crippen LogP contribution in [0.4, 0.5) is 0 Å². The average Bonchev–Trinajstić information content (AvgIpc) is 3.20. The average molecular weight is 347 g/mol. The summed E-state index contributed by atoms with van der Waals surface area (Å²) >= 11 is 0. The van der Waals surface area contributed by atoms with E-state index in [9.17, 15) is 14.4 Å². The van der Waals surface area contributed by atoms with Gasteiger partial charge in [-0.05, 0) is 6.92 Å². The summed E-state index contributed by atoms with van der Waals surface area (Å²) in [5.41, 5.74) is 0.166. The zero-order valence-corrected chi connectivity index (χ0v) is 14.1. The van der Waals surface area contributed by atoms with E-state index >= 15 is 0 Å². The standard InChI is InChI=1S/C15H17N5O5/c1-9-6-10(17-25-9)7-24-11(21)4-5-20-8-16-13-12(20)14(22)19(3)15(23)18(13)2/h6,8H,4-5,7H2,1-3H3. The van der Waals surface area contributed by atoms with Crippen LogP contribution in [0.25, 0.3) is 11.2 Å². The molecule has 0 N–H and O–H groups in total. The van der Waals surface area contributed by atoms with Crippen LogP contribution in [0.2, 0.25) is 0 Å². The minimum absolute atomic E-state index is 0.0249. The number of carbonyl (C=O) groups excluding carboxylic acids is 1. The van der Waals surface area contributed by atoms with E-state index in [1.165, 1.54) is 25.0 Å². The molecule has 3 heterocycles. The molecule has 10 heteroatoms. The van der Waals surface area contributed by atoms with E-state index in [2.05, 4.69) is 10.1 Å². The molecule has 0 unspecified atom stereocenters. The Morgan fingerprint density at radius 3 is 2.72 bits per heavy atom. The number of hydrogen-bond acceptors (Lipinski definition) is 7. The number of fused-ring (bicyclic) bond motifs is 1. The van der Waals surface area contributed by atoms with Crippen molar-refractivity contribution in [2.24, 2.45) is 14.1 Å². The maximum Gasteiger partial charge on any atom is 0.332 e. The molecule has 3 rings (SSSR count). The Kier molecular flexibility index (Phi) is 4.26. The van der Waals surface area contributed by atoms with Gasteiger partial charge < -0.3 is 13.8 Å². The summed E-state index contributed by atoms with van der Waals surface area (Å²) in [5.74, 6) is 0.196. The summed E-state index contributed by atoms with van der Waals surface area (Å²) in [7, 11) is 2.94. The van der Waals surface area contributed by atoms with Gasteiger partial charge in [0.15, 0.2) is 11.2 Å². The van der Waals surface area contributed by atoms with Crippen LogP contribution in [-0.4, -0.2) is 29.8 Å². The van der Waals surface area contributed by atoms with Gasteiger partial charge in [-0.2, -0.15) is 0 Å². The molecule has 0 fully saturated rings. The summed E-state index contributed by atoms with van der Waals surface area (Å²) in [5, 5.41) is 3.73. The molecule has 10 nitrogen and oxygen atoms in total. The highest BCUT2D eigenvalue weighted by molar-refractivity contribution is 5.71. The fourth-order valence-electron chi connectivity index (χ4n) is 2.49. The van der Waals surface area contributed by atoms with E-state index < -0.39 is 17.2 Å². The van der Waals surface area contributed by atoms with Crippen molar-refractivity contribution >= 4 is 17.1 Å². The second-order valence-electron chi connectivity index (χ2n) is 5.66. The first-order valence-corrected chi connectivity index (χ1v) is 7.57. The van der Waals surface area contributed by atoms with Crippen molar-refractivity contribution in [1.29, 1.82) is 0 Å². The van der Waals surface area contributed by atoms with Gasteiger partial charge in [-0.3, -0.25) is 18.7 Å². The predicted molar refractivity (Wildman–Crippen MR) is 85.9 cm³/mol. The zero-order valence-electron chi connectivity index (χ0n) is 14.1. The lowest BCUT2D eigenvalue weighted by atomic mass is 10.4. The molecule has 0 atom stereocenters. The Morgan fingerprint density at radius 2 is 2.04 bits per heavy atom. The fourth-order valence-corrected chi connectivity index (χ4v) is 2.49. The topological polar surface area (TPSA) is 114 Å². The molecule has 0 aromatic carbocycles. The van der Waals surface area contributed by atoms with Gasteiger partial charge >= 0.3 is 11.7 Å². The van der Waals surface area contributed by atoms with Crippen molar-refractivity contribution in [2.45, 2.75) is 26.5 Å². The van der Waals surface area contributed by atoms with Crippen LogP contribution in [0.3, 0.4) is 0 Å². The van der Waals surface area contributed by atoms with E-state index in [1.807, 2.05) is 0 Å². The van der Waals surface area contributed by atoms with Crippen LogP contribution in [-0.2, 0) is 36.8 Å². The van der Waals surface area contributed by atoms with E-state index in [-0.39, 0.29) is 30.7 Å². The Morgan fingerprint density at radius 1 is 1.28 bits per heavy atom. The van der Waals surface area contributed by atoms with Gasteiger partial charge in [0.05, 0.1) is 12.7 Å². The van der Waals surface area contributed by atoms with Crippen molar-refractivity contribution in [3.8, 4) is 0 Å². The lowest BCUT2D eigenvalue weighted by Crippen LogP contribution is -2.37. The number of rotatable bonds is 5. The maximum atomic E-state index is 12.3. The molecule has 0 radical (unpaired) electrons. The number of esters is 1. The van der Waals surface area contributed by atoms with Gasteiger partial charge in [0.25, 0.3) is 5.56 Å². The predicted octanol–water partition coefficient (Wildman–Crippen LogP) is -0.136. The molecule has 0 spiro atoms. The second-order valence-corrected chi connectivity index (χ2v) is 5.66. The number of aromatic nitrogens is 5. The lowest BCUT2D eigenvalue weighted by molar-refractivity contribution is -0.145. The fraction of sp³-hybridized carbons (Fsp3) is 0.400. The van der Waals surface area contributed by atoms with Crippen LogP contribution >= 0.6 is 0 Å². The maximum absolute atomic E-state index is 12.3. The molecular formula is C15H17N5O5. The van der Waals surface area contributed by atoms with Gasteiger partial charge in [0.2, 0.25) is 0 Å². The van der Waals surface area contributed by atoms with Crippen LogP contribution in [0.5, 0.6) is 0 Å². The third kappa shape index (κ3) is 3.10. The number of aryl methyl sites for hydroxylation is 3. The van der Waals surface area contributed by atoms with Crippen molar-refractivity contribution in [3.63, 3.8) is 0 Å². The van der Waals surface area contributed by atoms with Crippen LogP contribution in [0, 0.1) is 6.92 Å². The highest BCUT2D eigenvalue weighted by atomic mass is 16.5. The van der Waals surface area contributed by atoms with Crippen LogP contribution in [0.15, 0.2) is 26.5 Å². The number of carbonyl (C=O) groups is 1. The largest absolute Gasteiger partial charge is 0.459 e. The third-order valence-electron chi connectivity index (χ3n) is 3.83. The zero-order chi connectivity index (χ0) is 18.1. The SMILES string of the molecule is Cc1cc(COC(=O)CCn2cnc3c2c(=O)n(C)c(=O)n3C)no1. The van der Waals surface area contributed by atoms with Crippen molar-refractivity contribution in [3.05, 3.63) is 44.7 Å². The Balaban J connectivity index is 1.72. The molecule has 0 bridgehead atoms. The monoisotopic (exact) mass is 347 g/mol. The number of nitrogens with zero attached hydrogens (tertiary/aromatic N) is 5. The van der Waals surface area contributed by atoms with Crippen molar-refractivity contribution in [1.82, 2.24) is 23.8 Å². The summed E-state index contributed by atoms with van der Waals surface area (Å²) in [4.78, 5) is 40.2. The van der Waals surface area contributed by atoms with Crippen molar-refractivity contribution in [2.75, 3.05) is 0 Å². The Labute approximate surface area is 141 Å². The normalized spacial score (nSPS) is 11.2. The first-order valence-electron chi connectivity index (χ1n) is 7.57. The molecule has 132 valence electrons. The first-order chi connectivity index (χ1) is 11.9. The molecule has 0 amide bonds.